The van der Waals surface area contributed by atoms with Crippen molar-refractivity contribution in [3.05, 3.63) is 247 Å². The molecule has 1 aromatic heterocycles. The Balaban J connectivity index is 1.00. The first-order valence-corrected chi connectivity index (χ1v) is 21.1. The molecule has 0 saturated carbocycles. The molecular formula is C59H37NO. The van der Waals surface area contributed by atoms with Crippen LogP contribution in [0.2, 0.25) is 0 Å². The zero-order chi connectivity index (χ0) is 40.1. The van der Waals surface area contributed by atoms with E-state index in [2.05, 4.69) is 217 Å². The van der Waals surface area contributed by atoms with E-state index >= 15 is 0 Å². The summed E-state index contributed by atoms with van der Waals surface area (Å²) < 4.78 is 6.17. The lowest BCUT2D eigenvalue weighted by molar-refractivity contribution is 0.669. The second-order valence-corrected chi connectivity index (χ2v) is 16.4. The summed E-state index contributed by atoms with van der Waals surface area (Å²) in [5, 5.41) is 4.79. The van der Waals surface area contributed by atoms with E-state index in [1.165, 1.54) is 66.4 Å². The average molecular weight is 776 g/mol. The molecule has 0 saturated heterocycles. The minimum Gasteiger partial charge on any atom is -0.456 e. The first kappa shape index (κ1) is 34.0. The van der Waals surface area contributed by atoms with Gasteiger partial charge in [-0.1, -0.05) is 158 Å². The maximum Gasteiger partial charge on any atom is 0.135 e. The summed E-state index contributed by atoms with van der Waals surface area (Å²) in [5.74, 6) is 0. The highest BCUT2D eigenvalue weighted by molar-refractivity contribution is 6.06. The number of furan rings is 1. The number of rotatable bonds is 5. The number of nitrogens with zero attached hydrogens (tertiary/aromatic N) is 1. The van der Waals surface area contributed by atoms with Gasteiger partial charge in [0.2, 0.25) is 0 Å². The molecule has 1 heterocycles. The molecule has 1 unspecified atom stereocenters. The molecule has 13 rings (SSSR count). The molecular weight excluding hydrogens is 739 g/mol. The number of para-hydroxylation sites is 1. The zero-order valence-corrected chi connectivity index (χ0v) is 33.2. The van der Waals surface area contributed by atoms with Gasteiger partial charge >= 0.3 is 0 Å². The molecule has 2 heteroatoms. The molecule has 0 radical (unpaired) electrons. The average Bonchev–Trinajstić information content (AvgIpc) is 3.95. The Bertz CT molecular complexity index is 3520. The van der Waals surface area contributed by atoms with E-state index in [0.29, 0.717) is 0 Å². The fourth-order valence-corrected chi connectivity index (χ4v) is 10.5. The van der Waals surface area contributed by atoms with Crippen LogP contribution in [0.4, 0.5) is 17.1 Å². The summed E-state index contributed by atoms with van der Waals surface area (Å²) in [6.45, 7) is 0. The van der Waals surface area contributed by atoms with Crippen molar-refractivity contribution in [3.8, 4) is 44.5 Å². The topological polar surface area (TPSA) is 16.4 Å². The van der Waals surface area contributed by atoms with Gasteiger partial charge in [-0.3, -0.25) is 0 Å². The van der Waals surface area contributed by atoms with Gasteiger partial charge in [-0.15, -0.1) is 0 Å². The monoisotopic (exact) mass is 775 g/mol. The van der Waals surface area contributed by atoms with Gasteiger partial charge in [0.15, 0.2) is 0 Å². The molecule has 0 bridgehead atoms. The van der Waals surface area contributed by atoms with Gasteiger partial charge in [0.1, 0.15) is 11.2 Å². The molecule has 0 aliphatic heterocycles. The Labute approximate surface area is 354 Å². The van der Waals surface area contributed by atoms with Crippen molar-refractivity contribution < 1.29 is 4.42 Å². The third kappa shape index (κ3) is 4.97. The minimum absolute atomic E-state index is 0.472. The molecule has 2 aliphatic rings. The van der Waals surface area contributed by atoms with Crippen molar-refractivity contribution >= 4 is 49.8 Å². The van der Waals surface area contributed by atoms with Gasteiger partial charge in [-0.2, -0.15) is 0 Å². The number of fused-ring (bicyclic) bond motifs is 14. The molecule has 2 aliphatic carbocycles. The predicted molar refractivity (Wildman–Crippen MR) is 253 cm³/mol. The van der Waals surface area contributed by atoms with Gasteiger partial charge in [-0.25, -0.2) is 0 Å². The van der Waals surface area contributed by atoms with E-state index in [-0.39, 0.29) is 0 Å². The lowest BCUT2D eigenvalue weighted by atomic mass is 9.70. The zero-order valence-electron chi connectivity index (χ0n) is 33.2. The summed E-state index contributed by atoms with van der Waals surface area (Å²) in [7, 11) is 0. The van der Waals surface area contributed by atoms with E-state index in [9.17, 15) is 0 Å². The van der Waals surface area contributed by atoms with Crippen molar-refractivity contribution in [1.29, 1.82) is 0 Å². The maximum absolute atomic E-state index is 6.17. The highest BCUT2D eigenvalue weighted by Crippen LogP contribution is 2.63. The third-order valence-corrected chi connectivity index (χ3v) is 13.3. The van der Waals surface area contributed by atoms with Crippen molar-refractivity contribution in [2.45, 2.75) is 5.41 Å². The summed E-state index contributed by atoms with van der Waals surface area (Å²) in [6.07, 6.45) is 0. The first-order chi connectivity index (χ1) is 30.2. The van der Waals surface area contributed by atoms with Crippen LogP contribution in [0.25, 0.3) is 77.2 Å². The van der Waals surface area contributed by atoms with Crippen LogP contribution in [0.15, 0.2) is 229 Å². The van der Waals surface area contributed by atoms with Crippen LogP contribution in [0.3, 0.4) is 0 Å². The highest BCUT2D eigenvalue weighted by atomic mass is 16.3. The van der Waals surface area contributed by atoms with Crippen LogP contribution in [-0.2, 0) is 5.41 Å². The van der Waals surface area contributed by atoms with Gasteiger partial charge in [0.05, 0.1) is 5.41 Å². The Morgan fingerprint density at radius 3 is 1.54 bits per heavy atom. The summed E-state index contributed by atoms with van der Waals surface area (Å²) >= 11 is 0. The van der Waals surface area contributed by atoms with E-state index in [4.69, 9.17) is 4.42 Å². The van der Waals surface area contributed by atoms with Crippen molar-refractivity contribution in [2.75, 3.05) is 4.90 Å². The van der Waals surface area contributed by atoms with Crippen LogP contribution in [-0.4, -0.2) is 0 Å². The number of hydrogen-bond acceptors (Lipinski definition) is 2. The molecule has 0 amide bonds. The largest absolute Gasteiger partial charge is 0.456 e. The minimum atomic E-state index is -0.472. The van der Waals surface area contributed by atoms with E-state index in [1.807, 2.05) is 12.1 Å². The fourth-order valence-electron chi connectivity index (χ4n) is 10.5. The molecule has 284 valence electrons. The molecule has 2 nitrogen and oxygen atoms in total. The van der Waals surface area contributed by atoms with Crippen LogP contribution in [0, 0.1) is 0 Å². The standard InChI is InChI=1S/C59H37NO/c1-2-12-38(13-3-1)39-22-27-44(28-23-39)60(45-29-24-40(25-30-45)43-26-33-58-52(35-43)50-18-8-11-21-57(50)61-58)46-31-32-49-47-16-6-9-19-53(47)59(56(49)37-46)54-20-10-7-17-48(54)51-34-41-14-4-5-15-42(41)36-55(51)59/h1-37H. The Morgan fingerprint density at radius 2 is 0.803 bits per heavy atom. The van der Waals surface area contributed by atoms with Gasteiger partial charge in [0.25, 0.3) is 0 Å². The van der Waals surface area contributed by atoms with Gasteiger partial charge in [0, 0.05) is 27.8 Å². The summed E-state index contributed by atoms with van der Waals surface area (Å²) in [4.78, 5) is 2.42. The molecule has 11 aromatic rings. The first-order valence-electron chi connectivity index (χ1n) is 21.1. The summed E-state index contributed by atoms with van der Waals surface area (Å²) in [5.41, 5.74) is 19.9. The van der Waals surface area contributed by atoms with Crippen molar-refractivity contribution in [2.24, 2.45) is 0 Å². The van der Waals surface area contributed by atoms with Crippen LogP contribution < -0.4 is 4.90 Å². The second kappa shape index (κ2) is 13.0. The van der Waals surface area contributed by atoms with Crippen LogP contribution >= 0.6 is 0 Å². The van der Waals surface area contributed by atoms with Gasteiger partial charge in [-0.05, 0) is 144 Å². The molecule has 61 heavy (non-hydrogen) atoms. The van der Waals surface area contributed by atoms with Crippen LogP contribution in [0.5, 0.6) is 0 Å². The molecule has 10 aromatic carbocycles. The fraction of sp³-hybridized carbons (Fsp3) is 0.0169. The van der Waals surface area contributed by atoms with Crippen LogP contribution in [0.1, 0.15) is 22.3 Å². The summed E-state index contributed by atoms with van der Waals surface area (Å²) in [6, 6.07) is 82.5. The molecule has 1 spiro atoms. The Hall–Kier alpha value is -7.94. The van der Waals surface area contributed by atoms with E-state index in [1.54, 1.807) is 0 Å². The Morgan fingerprint density at radius 1 is 0.295 bits per heavy atom. The smallest absolute Gasteiger partial charge is 0.135 e. The molecule has 0 N–H and O–H groups in total. The SMILES string of the molecule is c1ccc(-c2ccc(N(c3ccc(-c4ccc5oc6ccccc6c5c4)cc3)c3ccc4c(c3)C3(c5ccccc5-4)c4ccccc4-c4cc5ccccc5cc43)cc2)cc1. The van der Waals surface area contributed by atoms with E-state index < -0.39 is 5.41 Å². The lowest BCUT2D eigenvalue weighted by Gasteiger charge is -2.32. The molecule has 1 atom stereocenters. The Kier molecular flexibility index (Phi) is 7.26. The van der Waals surface area contributed by atoms with Gasteiger partial charge < -0.3 is 9.32 Å². The lowest BCUT2D eigenvalue weighted by Crippen LogP contribution is -2.26. The third-order valence-electron chi connectivity index (χ3n) is 13.3. The number of benzene rings is 10. The quantitative estimate of drug-likeness (QED) is 0.173. The second-order valence-electron chi connectivity index (χ2n) is 16.4. The number of hydrogen-bond donors (Lipinski definition) is 0. The van der Waals surface area contributed by atoms with Crippen molar-refractivity contribution in [3.63, 3.8) is 0 Å². The molecule has 0 fully saturated rings. The highest BCUT2D eigenvalue weighted by Gasteiger charge is 2.52. The normalized spacial score (nSPS) is 14.6. The van der Waals surface area contributed by atoms with E-state index in [0.717, 1.165) is 50.1 Å². The maximum atomic E-state index is 6.17. The predicted octanol–water partition coefficient (Wildman–Crippen LogP) is 15.9. The number of anilines is 3. The van der Waals surface area contributed by atoms with Crippen molar-refractivity contribution in [1.82, 2.24) is 0 Å².